The Labute approximate surface area is 136 Å². The van der Waals surface area contributed by atoms with Crippen molar-refractivity contribution in [3.8, 4) is 0 Å². The van der Waals surface area contributed by atoms with Crippen molar-refractivity contribution in [2.75, 3.05) is 5.32 Å². The fraction of sp³-hybridized carbons (Fsp3) is 0.333. The summed E-state index contributed by atoms with van der Waals surface area (Å²) in [4.78, 5) is 24.4. The molecule has 22 heavy (non-hydrogen) atoms. The Kier molecular flexibility index (Phi) is 4.28. The zero-order valence-electron chi connectivity index (χ0n) is 12.2. The summed E-state index contributed by atoms with van der Waals surface area (Å²) in [6.07, 6.45) is -0.342. The van der Waals surface area contributed by atoms with Gasteiger partial charge in [-0.25, -0.2) is 0 Å². The smallest absolute Gasteiger partial charge is 0.293 e. The molecule has 0 bridgehead atoms. The average molecular weight is 336 g/mol. The lowest BCUT2D eigenvalue weighted by molar-refractivity contribution is -0.118. The van der Waals surface area contributed by atoms with E-state index in [1.807, 2.05) is 13.8 Å². The molecule has 2 aromatic rings. The molecule has 0 saturated carbocycles. The first-order valence-corrected chi connectivity index (χ1v) is 8.66. The molecule has 2 aromatic heterocycles. The molecule has 0 spiro atoms. The van der Waals surface area contributed by atoms with E-state index in [0.717, 1.165) is 10.6 Å². The van der Waals surface area contributed by atoms with E-state index in [4.69, 9.17) is 4.74 Å². The Bertz CT molecular complexity index is 694. The van der Waals surface area contributed by atoms with Gasteiger partial charge in [0.2, 0.25) is 0 Å². The van der Waals surface area contributed by atoms with E-state index in [0.29, 0.717) is 11.5 Å². The van der Waals surface area contributed by atoms with Gasteiger partial charge in [0, 0.05) is 5.56 Å². The summed E-state index contributed by atoms with van der Waals surface area (Å²) in [7, 11) is 0. The van der Waals surface area contributed by atoms with Crippen LogP contribution in [0.15, 0.2) is 22.9 Å². The number of rotatable bonds is 4. The number of aryl methyl sites for hydroxylation is 1. The summed E-state index contributed by atoms with van der Waals surface area (Å²) in [5, 5.41) is 10.9. The first-order chi connectivity index (χ1) is 10.6. The van der Waals surface area contributed by atoms with Gasteiger partial charge < -0.3 is 15.4 Å². The standard InChI is InChI=1S/C15H16N2O3S2/c1-8-7-22-15-10(8)6-20-14(17-15)9(2)16-13(19)12(18)11-4-3-5-21-11/h3-5,7,9,14,17H,6H2,1-2H3,(H,16,19)/t9?,14-/m0/s1. The third kappa shape index (κ3) is 2.92. The Morgan fingerprint density at radius 2 is 2.27 bits per heavy atom. The highest BCUT2D eigenvalue weighted by Crippen LogP contribution is 2.33. The first-order valence-electron chi connectivity index (χ1n) is 6.90. The average Bonchev–Trinajstić information content (AvgIpc) is 3.16. The largest absolute Gasteiger partial charge is 0.352 e. The van der Waals surface area contributed by atoms with Crippen LogP contribution in [0.3, 0.4) is 0 Å². The number of ether oxygens (including phenoxy) is 1. The van der Waals surface area contributed by atoms with Crippen LogP contribution in [0.2, 0.25) is 0 Å². The summed E-state index contributed by atoms with van der Waals surface area (Å²) in [5.41, 5.74) is 2.37. The molecule has 116 valence electrons. The molecule has 0 radical (unpaired) electrons. The van der Waals surface area contributed by atoms with E-state index >= 15 is 0 Å². The van der Waals surface area contributed by atoms with Crippen LogP contribution in [0.4, 0.5) is 5.00 Å². The molecule has 2 atom stereocenters. The number of fused-ring (bicyclic) bond motifs is 1. The number of hydrogen-bond donors (Lipinski definition) is 2. The van der Waals surface area contributed by atoms with Crippen molar-refractivity contribution in [1.29, 1.82) is 0 Å². The van der Waals surface area contributed by atoms with Crippen molar-refractivity contribution in [2.24, 2.45) is 0 Å². The number of carbonyl (C=O) groups is 2. The Morgan fingerprint density at radius 3 is 3.00 bits per heavy atom. The molecule has 1 aliphatic rings. The summed E-state index contributed by atoms with van der Waals surface area (Å²) >= 11 is 2.89. The van der Waals surface area contributed by atoms with Gasteiger partial charge in [-0.2, -0.15) is 0 Å². The van der Waals surface area contributed by atoms with E-state index in [1.165, 1.54) is 16.9 Å². The number of ketones is 1. The van der Waals surface area contributed by atoms with Gasteiger partial charge in [-0.1, -0.05) is 6.07 Å². The maximum Gasteiger partial charge on any atom is 0.293 e. The van der Waals surface area contributed by atoms with E-state index in [9.17, 15) is 9.59 Å². The molecule has 0 saturated heterocycles. The number of anilines is 1. The summed E-state index contributed by atoms with van der Waals surface area (Å²) in [6.45, 7) is 4.38. The second kappa shape index (κ2) is 6.20. The highest BCUT2D eigenvalue weighted by molar-refractivity contribution is 7.14. The van der Waals surface area contributed by atoms with Gasteiger partial charge in [-0.05, 0) is 36.2 Å². The number of thiophene rings is 2. The summed E-state index contributed by atoms with van der Waals surface area (Å²) in [5.74, 6) is -1.11. The second-order valence-electron chi connectivity index (χ2n) is 5.17. The fourth-order valence-corrected chi connectivity index (χ4v) is 3.89. The van der Waals surface area contributed by atoms with Gasteiger partial charge in [-0.3, -0.25) is 9.59 Å². The maximum absolute atomic E-state index is 12.0. The quantitative estimate of drug-likeness (QED) is 0.665. The first kappa shape index (κ1) is 15.2. The molecule has 1 aliphatic heterocycles. The minimum atomic E-state index is -0.603. The van der Waals surface area contributed by atoms with Gasteiger partial charge in [0.05, 0.1) is 22.5 Å². The number of carbonyl (C=O) groups excluding carboxylic acids is 2. The number of amides is 1. The normalized spacial score (nSPS) is 18.2. The summed E-state index contributed by atoms with van der Waals surface area (Å²) in [6, 6.07) is 3.08. The third-order valence-electron chi connectivity index (χ3n) is 3.55. The van der Waals surface area contributed by atoms with E-state index in [-0.39, 0.29) is 12.3 Å². The molecule has 0 fully saturated rings. The zero-order chi connectivity index (χ0) is 15.7. The van der Waals surface area contributed by atoms with E-state index < -0.39 is 11.7 Å². The van der Waals surface area contributed by atoms with Crippen LogP contribution in [0.1, 0.15) is 27.7 Å². The molecule has 1 unspecified atom stereocenters. The SMILES string of the molecule is Cc1csc2c1CO[C@@H](C(C)NC(=O)C(=O)c1cccs1)N2. The van der Waals surface area contributed by atoms with Crippen molar-refractivity contribution in [2.45, 2.75) is 32.7 Å². The highest BCUT2D eigenvalue weighted by Gasteiger charge is 2.28. The van der Waals surface area contributed by atoms with Crippen molar-refractivity contribution in [1.82, 2.24) is 5.32 Å². The third-order valence-corrected chi connectivity index (χ3v) is 5.49. The molecule has 7 heteroatoms. The van der Waals surface area contributed by atoms with Crippen LogP contribution in [-0.2, 0) is 16.1 Å². The van der Waals surface area contributed by atoms with Crippen molar-refractivity contribution in [3.63, 3.8) is 0 Å². The van der Waals surface area contributed by atoms with Gasteiger partial charge >= 0.3 is 0 Å². The Balaban J connectivity index is 1.62. The van der Waals surface area contributed by atoms with Gasteiger partial charge in [0.15, 0.2) is 0 Å². The zero-order valence-corrected chi connectivity index (χ0v) is 13.8. The molecule has 0 aliphatic carbocycles. The Hall–Kier alpha value is -1.70. The van der Waals surface area contributed by atoms with Crippen LogP contribution in [0.5, 0.6) is 0 Å². The molecule has 2 N–H and O–H groups in total. The molecule has 5 nitrogen and oxygen atoms in total. The van der Waals surface area contributed by atoms with Crippen LogP contribution in [-0.4, -0.2) is 24.0 Å². The lowest BCUT2D eigenvalue weighted by atomic mass is 10.1. The monoisotopic (exact) mass is 336 g/mol. The van der Waals surface area contributed by atoms with Crippen molar-refractivity contribution in [3.05, 3.63) is 38.9 Å². The molecular formula is C15H16N2O3S2. The molecule has 3 heterocycles. The van der Waals surface area contributed by atoms with Crippen LogP contribution in [0, 0.1) is 6.92 Å². The minimum Gasteiger partial charge on any atom is -0.352 e. The predicted octanol–water partition coefficient (Wildman–Crippen LogP) is 2.77. The van der Waals surface area contributed by atoms with Crippen molar-refractivity contribution >= 4 is 39.4 Å². The molecule has 1 amide bonds. The van der Waals surface area contributed by atoms with Gasteiger partial charge in [-0.15, -0.1) is 22.7 Å². The van der Waals surface area contributed by atoms with Crippen molar-refractivity contribution < 1.29 is 14.3 Å². The summed E-state index contributed by atoms with van der Waals surface area (Å²) < 4.78 is 5.75. The Morgan fingerprint density at radius 1 is 1.45 bits per heavy atom. The van der Waals surface area contributed by atoms with E-state index in [2.05, 4.69) is 16.0 Å². The fourth-order valence-electron chi connectivity index (χ4n) is 2.25. The van der Waals surface area contributed by atoms with Crippen LogP contribution >= 0.6 is 22.7 Å². The molecule has 3 rings (SSSR count). The molecule has 0 aromatic carbocycles. The minimum absolute atomic E-state index is 0.313. The van der Waals surface area contributed by atoms with Gasteiger partial charge in [0.25, 0.3) is 11.7 Å². The number of hydrogen-bond acceptors (Lipinski definition) is 6. The second-order valence-corrected chi connectivity index (χ2v) is 7.00. The number of nitrogens with one attached hydrogen (secondary N) is 2. The molecular weight excluding hydrogens is 320 g/mol. The van der Waals surface area contributed by atoms with Crippen LogP contribution < -0.4 is 10.6 Å². The lowest BCUT2D eigenvalue weighted by Crippen LogP contribution is -2.49. The predicted molar refractivity (Wildman–Crippen MR) is 87.5 cm³/mol. The van der Waals surface area contributed by atoms with Crippen LogP contribution in [0.25, 0.3) is 0 Å². The lowest BCUT2D eigenvalue weighted by Gasteiger charge is -2.30. The van der Waals surface area contributed by atoms with E-state index in [1.54, 1.807) is 28.8 Å². The topological polar surface area (TPSA) is 67.4 Å². The highest BCUT2D eigenvalue weighted by atomic mass is 32.1. The number of Topliss-reactive ketones (excluding diaryl/α,β-unsaturated/α-hetero) is 1. The maximum atomic E-state index is 12.0. The van der Waals surface area contributed by atoms with Gasteiger partial charge in [0.1, 0.15) is 6.23 Å².